The Hall–Kier alpha value is -3.55. The molecule has 43 heavy (non-hydrogen) atoms. The number of ether oxygens (including phenoxy) is 2. The van der Waals surface area contributed by atoms with E-state index in [9.17, 15) is 22.8 Å². The summed E-state index contributed by atoms with van der Waals surface area (Å²) in [6.45, 7) is 8.75. The monoisotopic (exact) mass is 618 g/mol. The minimum atomic E-state index is -4.70. The first-order chi connectivity index (χ1) is 20.3. The molecule has 0 spiro atoms. The summed E-state index contributed by atoms with van der Waals surface area (Å²) < 4.78 is 53.4. The summed E-state index contributed by atoms with van der Waals surface area (Å²) in [6.07, 6.45) is -1.03. The Morgan fingerprint density at radius 1 is 1.14 bits per heavy atom. The van der Waals surface area contributed by atoms with Crippen molar-refractivity contribution in [1.29, 1.82) is 0 Å². The molecule has 0 radical (unpaired) electrons. The molecule has 6 rings (SSSR count). The van der Waals surface area contributed by atoms with Gasteiger partial charge >= 0.3 is 6.18 Å². The maximum atomic E-state index is 14.0. The molecule has 3 aliphatic heterocycles. The van der Waals surface area contributed by atoms with Crippen LogP contribution in [0.1, 0.15) is 88.8 Å². The Bertz CT molecular complexity index is 1590. The molecule has 10 nitrogen and oxygen atoms in total. The lowest BCUT2D eigenvalue weighted by Crippen LogP contribution is -2.45. The normalized spacial score (nSPS) is 22.4. The fraction of sp³-hybridized carbons (Fsp3) is 0.483. The highest BCUT2D eigenvalue weighted by Gasteiger charge is 2.42. The summed E-state index contributed by atoms with van der Waals surface area (Å²) >= 11 is 5.77. The van der Waals surface area contributed by atoms with Crippen LogP contribution < -0.4 is 0 Å². The highest BCUT2D eigenvalue weighted by molar-refractivity contribution is 6.31. The van der Waals surface area contributed by atoms with Crippen molar-refractivity contribution in [3.05, 3.63) is 75.1 Å². The van der Waals surface area contributed by atoms with E-state index in [2.05, 4.69) is 9.97 Å². The number of nitrogens with zero attached hydrogens (tertiary/aromatic N) is 6. The van der Waals surface area contributed by atoms with Crippen LogP contribution in [0.15, 0.2) is 30.6 Å². The van der Waals surface area contributed by atoms with E-state index in [0.29, 0.717) is 49.0 Å². The standard InChI is InChI=1S/C29H30ClF3N6O4/c1-15-9-23-20(14-37(15)25(40)18-5-6-22(30)21(10-18)29(31,32)33)24-26(41)38(13-16(2)39(24)36-23)17(3)19-11-34-27(35-12-19)28(4)42-7-8-43-28/h5-6,10-12,15-17H,7-9,13-14H2,1-4H3/t15-,16-,17?/m1/s1. The van der Waals surface area contributed by atoms with Crippen LogP contribution in [0.25, 0.3) is 0 Å². The van der Waals surface area contributed by atoms with E-state index in [1.807, 2.05) is 20.8 Å². The van der Waals surface area contributed by atoms with E-state index in [0.717, 1.165) is 17.7 Å². The second-order valence-electron chi connectivity index (χ2n) is 11.4. The van der Waals surface area contributed by atoms with Gasteiger partial charge in [-0.25, -0.2) is 9.97 Å². The maximum absolute atomic E-state index is 14.0. The molecule has 0 aliphatic carbocycles. The lowest BCUT2D eigenvalue weighted by Gasteiger charge is -2.37. The molecular weight excluding hydrogens is 589 g/mol. The Morgan fingerprint density at radius 3 is 2.47 bits per heavy atom. The van der Waals surface area contributed by atoms with Crippen LogP contribution in [-0.2, 0) is 34.4 Å². The number of amides is 2. The predicted octanol–water partition coefficient (Wildman–Crippen LogP) is 4.93. The van der Waals surface area contributed by atoms with Gasteiger partial charge in [-0.2, -0.15) is 18.3 Å². The van der Waals surface area contributed by atoms with Crippen LogP contribution in [0.5, 0.6) is 0 Å². The molecule has 0 N–H and O–H groups in total. The van der Waals surface area contributed by atoms with E-state index >= 15 is 0 Å². The van der Waals surface area contributed by atoms with Gasteiger partial charge in [0, 0.05) is 48.1 Å². The minimum Gasteiger partial charge on any atom is -0.341 e. The highest BCUT2D eigenvalue weighted by atomic mass is 35.5. The molecule has 1 saturated heterocycles. The molecule has 1 fully saturated rings. The van der Waals surface area contributed by atoms with Crippen molar-refractivity contribution in [2.75, 3.05) is 19.8 Å². The number of rotatable bonds is 4. The zero-order chi connectivity index (χ0) is 30.8. The van der Waals surface area contributed by atoms with Crippen LogP contribution in [0.3, 0.4) is 0 Å². The lowest BCUT2D eigenvalue weighted by atomic mass is 9.96. The van der Waals surface area contributed by atoms with Crippen molar-refractivity contribution in [2.24, 2.45) is 0 Å². The summed E-state index contributed by atoms with van der Waals surface area (Å²) in [4.78, 5) is 39.6. The van der Waals surface area contributed by atoms with Crippen molar-refractivity contribution in [3.8, 4) is 0 Å². The van der Waals surface area contributed by atoms with Crippen LogP contribution in [0.2, 0.25) is 5.02 Å². The summed E-state index contributed by atoms with van der Waals surface area (Å²) in [5.41, 5.74) is 1.19. The third-order valence-electron chi connectivity index (χ3n) is 8.43. The number of aromatic nitrogens is 4. The molecule has 1 aromatic carbocycles. The molecule has 0 bridgehead atoms. The Morgan fingerprint density at radius 2 is 1.81 bits per heavy atom. The van der Waals surface area contributed by atoms with Gasteiger partial charge in [0.25, 0.3) is 11.8 Å². The second kappa shape index (κ2) is 10.6. The molecule has 228 valence electrons. The third-order valence-corrected chi connectivity index (χ3v) is 8.76. The van der Waals surface area contributed by atoms with Gasteiger partial charge in [-0.1, -0.05) is 11.6 Å². The summed E-state index contributed by atoms with van der Waals surface area (Å²) in [7, 11) is 0. The highest BCUT2D eigenvalue weighted by Crippen LogP contribution is 2.38. The average Bonchev–Trinajstić information content (AvgIpc) is 3.58. The van der Waals surface area contributed by atoms with Gasteiger partial charge in [0.1, 0.15) is 5.69 Å². The van der Waals surface area contributed by atoms with Gasteiger partial charge < -0.3 is 19.3 Å². The number of halogens is 4. The number of alkyl halides is 3. The van der Waals surface area contributed by atoms with Crippen LogP contribution in [-0.4, -0.2) is 67.2 Å². The average molecular weight is 619 g/mol. The zero-order valence-electron chi connectivity index (χ0n) is 24.0. The number of benzene rings is 1. The Labute approximate surface area is 250 Å². The van der Waals surface area contributed by atoms with Gasteiger partial charge in [0.05, 0.1) is 48.1 Å². The summed E-state index contributed by atoms with van der Waals surface area (Å²) in [5.74, 6) is -1.45. The molecule has 3 aromatic rings. The van der Waals surface area contributed by atoms with Gasteiger partial charge in [-0.3, -0.25) is 14.3 Å². The number of fused-ring (bicyclic) bond motifs is 3. The van der Waals surface area contributed by atoms with Crippen molar-refractivity contribution in [3.63, 3.8) is 0 Å². The maximum Gasteiger partial charge on any atom is 0.417 e. The van der Waals surface area contributed by atoms with Crippen LogP contribution in [0, 0.1) is 0 Å². The fourth-order valence-electron chi connectivity index (χ4n) is 5.95. The topological polar surface area (TPSA) is 103 Å². The quantitative estimate of drug-likeness (QED) is 0.409. The van der Waals surface area contributed by atoms with Crippen LogP contribution >= 0.6 is 11.6 Å². The second-order valence-corrected chi connectivity index (χ2v) is 11.8. The van der Waals surface area contributed by atoms with Gasteiger partial charge in [0.15, 0.2) is 5.82 Å². The van der Waals surface area contributed by atoms with E-state index in [4.69, 9.17) is 26.2 Å². The van der Waals surface area contributed by atoms with Crippen molar-refractivity contribution < 1.29 is 32.2 Å². The molecule has 3 atom stereocenters. The van der Waals surface area contributed by atoms with E-state index in [1.165, 1.54) is 11.0 Å². The van der Waals surface area contributed by atoms with E-state index in [1.54, 1.807) is 28.9 Å². The van der Waals surface area contributed by atoms with Gasteiger partial charge in [-0.15, -0.1) is 0 Å². The Balaban J connectivity index is 1.27. The number of hydrogen-bond donors (Lipinski definition) is 0. The molecule has 0 saturated carbocycles. The minimum absolute atomic E-state index is 0.0334. The van der Waals surface area contributed by atoms with Gasteiger partial charge in [0.2, 0.25) is 5.79 Å². The molecule has 14 heteroatoms. The molecule has 1 unspecified atom stereocenters. The summed E-state index contributed by atoms with van der Waals surface area (Å²) in [6, 6.07) is 2.24. The number of hydrogen-bond acceptors (Lipinski definition) is 7. The van der Waals surface area contributed by atoms with E-state index < -0.39 is 28.5 Å². The third kappa shape index (κ3) is 5.06. The zero-order valence-corrected chi connectivity index (χ0v) is 24.7. The number of carbonyl (C=O) groups excluding carboxylic acids is 2. The first kappa shape index (κ1) is 29.5. The first-order valence-corrected chi connectivity index (χ1v) is 14.4. The molecule has 2 aromatic heterocycles. The predicted molar refractivity (Wildman–Crippen MR) is 147 cm³/mol. The molecule has 3 aliphatic rings. The SMILES string of the molecule is CC(c1cnc(C2(C)OCCO2)nc1)N1C[C@@H](C)n2nc3c(c2C1=O)CN(C(=O)c1ccc(Cl)c(C(F)(F)F)c1)[C@H](C)C3. The van der Waals surface area contributed by atoms with Crippen molar-refractivity contribution >= 4 is 23.4 Å². The largest absolute Gasteiger partial charge is 0.417 e. The smallest absolute Gasteiger partial charge is 0.341 e. The van der Waals surface area contributed by atoms with Crippen LogP contribution in [0.4, 0.5) is 13.2 Å². The number of carbonyl (C=O) groups is 2. The lowest BCUT2D eigenvalue weighted by molar-refractivity contribution is -0.156. The molecule has 2 amide bonds. The first-order valence-electron chi connectivity index (χ1n) is 14.0. The molecular formula is C29H30ClF3N6O4. The fourth-order valence-corrected chi connectivity index (χ4v) is 6.17. The Kier molecular flexibility index (Phi) is 7.25. The van der Waals surface area contributed by atoms with Crippen molar-refractivity contribution in [1.82, 2.24) is 29.5 Å². The summed E-state index contributed by atoms with van der Waals surface area (Å²) in [5, 5.41) is 4.26. The van der Waals surface area contributed by atoms with E-state index in [-0.39, 0.29) is 36.1 Å². The molecule has 5 heterocycles. The van der Waals surface area contributed by atoms with Crippen molar-refractivity contribution in [2.45, 2.75) is 70.7 Å². The van der Waals surface area contributed by atoms with Gasteiger partial charge in [-0.05, 0) is 45.9 Å².